The zero-order valence-corrected chi connectivity index (χ0v) is 11.0. The average molecular weight is 259 g/mol. The number of esters is 1. The van der Waals surface area contributed by atoms with Crippen LogP contribution in [-0.4, -0.2) is 23.0 Å². The van der Waals surface area contributed by atoms with Crippen LogP contribution in [0.4, 0.5) is 0 Å². The minimum absolute atomic E-state index is 0.193. The lowest BCUT2D eigenvalue weighted by molar-refractivity contribution is 0.0594. The molecule has 0 saturated heterocycles. The highest BCUT2D eigenvalue weighted by atomic mass is 16.5. The van der Waals surface area contributed by atoms with Crippen molar-refractivity contribution in [1.82, 2.24) is 15.3 Å². The molecule has 2 heterocycles. The molecule has 19 heavy (non-hydrogen) atoms. The summed E-state index contributed by atoms with van der Waals surface area (Å²) in [6.45, 7) is 2.72. The minimum Gasteiger partial charge on any atom is -0.464 e. The summed E-state index contributed by atoms with van der Waals surface area (Å²) in [4.78, 5) is 18.4. The van der Waals surface area contributed by atoms with Crippen LogP contribution in [0.15, 0.2) is 36.7 Å². The van der Waals surface area contributed by atoms with Crippen molar-refractivity contribution in [2.24, 2.45) is 0 Å². The van der Waals surface area contributed by atoms with Crippen LogP contribution in [-0.2, 0) is 11.3 Å². The van der Waals surface area contributed by atoms with Crippen molar-refractivity contribution in [3.05, 3.63) is 53.6 Å². The van der Waals surface area contributed by atoms with Gasteiger partial charge in [0.05, 0.1) is 7.11 Å². The second-order valence-electron chi connectivity index (χ2n) is 4.28. The Bertz CT molecular complexity index is 537. The number of pyridine rings is 1. The van der Waals surface area contributed by atoms with E-state index >= 15 is 0 Å². The normalized spacial score (nSPS) is 12.1. The van der Waals surface area contributed by atoms with Gasteiger partial charge in [-0.2, -0.15) is 0 Å². The first-order chi connectivity index (χ1) is 9.20. The standard InChI is InChI=1S/C14H17N3O2/c1-10(11-4-3-7-15-8-11)16-9-12-5-6-13(17-12)14(18)19-2/h3-8,10,16-17H,9H2,1-2H3/t10-/m0/s1. The smallest absolute Gasteiger partial charge is 0.354 e. The summed E-state index contributed by atoms with van der Waals surface area (Å²) in [5.74, 6) is -0.355. The molecule has 0 unspecified atom stereocenters. The number of carbonyl (C=O) groups is 1. The second-order valence-corrected chi connectivity index (χ2v) is 4.28. The molecule has 0 bridgehead atoms. The van der Waals surface area contributed by atoms with Gasteiger partial charge in [-0.05, 0) is 30.7 Å². The SMILES string of the molecule is COC(=O)c1ccc(CN[C@@H](C)c2cccnc2)[nH]1. The fourth-order valence-electron chi connectivity index (χ4n) is 1.79. The van der Waals surface area contributed by atoms with E-state index in [0.717, 1.165) is 11.3 Å². The van der Waals surface area contributed by atoms with Crippen molar-refractivity contribution in [2.75, 3.05) is 7.11 Å². The fourth-order valence-corrected chi connectivity index (χ4v) is 1.79. The van der Waals surface area contributed by atoms with Crippen molar-refractivity contribution >= 4 is 5.97 Å². The van der Waals surface area contributed by atoms with Gasteiger partial charge in [0.15, 0.2) is 0 Å². The molecule has 2 aromatic heterocycles. The third-order valence-electron chi connectivity index (χ3n) is 2.93. The van der Waals surface area contributed by atoms with Crippen LogP contribution in [0.25, 0.3) is 0 Å². The molecule has 2 N–H and O–H groups in total. The summed E-state index contributed by atoms with van der Waals surface area (Å²) in [5.41, 5.74) is 2.53. The number of carbonyl (C=O) groups excluding carboxylic acids is 1. The molecule has 0 aliphatic heterocycles. The van der Waals surface area contributed by atoms with E-state index in [1.807, 2.05) is 24.4 Å². The molecule has 2 aromatic rings. The summed E-state index contributed by atoms with van der Waals surface area (Å²) in [6, 6.07) is 7.72. The molecule has 0 radical (unpaired) electrons. The summed E-state index contributed by atoms with van der Waals surface area (Å²) in [7, 11) is 1.37. The molecule has 1 atom stereocenters. The number of hydrogen-bond acceptors (Lipinski definition) is 4. The van der Waals surface area contributed by atoms with Gasteiger partial charge in [0, 0.05) is 30.7 Å². The Morgan fingerprint density at radius 1 is 1.47 bits per heavy atom. The molecular formula is C14H17N3O2. The highest BCUT2D eigenvalue weighted by Gasteiger charge is 2.09. The van der Waals surface area contributed by atoms with Crippen molar-refractivity contribution in [3.8, 4) is 0 Å². The number of rotatable bonds is 5. The Hall–Kier alpha value is -2.14. The van der Waals surface area contributed by atoms with Crippen LogP contribution in [0.1, 0.15) is 34.7 Å². The largest absolute Gasteiger partial charge is 0.464 e. The van der Waals surface area contributed by atoms with Crippen LogP contribution < -0.4 is 5.32 Å². The van der Waals surface area contributed by atoms with Crippen LogP contribution in [0.2, 0.25) is 0 Å². The minimum atomic E-state index is -0.355. The first-order valence-electron chi connectivity index (χ1n) is 6.10. The van der Waals surface area contributed by atoms with Gasteiger partial charge in [0.2, 0.25) is 0 Å². The molecule has 0 aliphatic rings. The Labute approximate surface area is 112 Å². The van der Waals surface area contributed by atoms with Gasteiger partial charge in [0.25, 0.3) is 0 Å². The number of nitrogens with zero attached hydrogens (tertiary/aromatic N) is 1. The highest BCUT2D eigenvalue weighted by molar-refractivity contribution is 5.87. The van der Waals surface area contributed by atoms with E-state index in [1.54, 1.807) is 12.3 Å². The van der Waals surface area contributed by atoms with E-state index in [-0.39, 0.29) is 12.0 Å². The summed E-state index contributed by atoms with van der Waals surface area (Å²) in [6.07, 6.45) is 3.59. The third-order valence-corrected chi connectivity index (χ3v) is 2.93. The zero-order valence-electron chi connectivity index (χ0n) is 11.0. The molecule has 0 fully saturated rings. The lowest BCUT2D eigenvalue weighted by Gasteiger charge is -2.12. The van der Waals surface area contributed by atoms with Gasteiger partial charge in [-0.25, -0.2) is 4.79 Å². The average Bonchev–Trinajstić information content (AvgIpc) is 2.93. The fraction of sp³-hybridized carbons (Fsp3) is 0.286. The highest BCUT2D eigenvalue weighted by Crippen LogP contribution is 2.11. The van der Waals surface area contributed by atoms with Gasteiger partial charge in [-0.3, -0.25) is 4.98 Å². The van der Waals surface area contributed by atoms with Gasteiger partial charge in [0.1, 0.15) is 5.69 Å². The van der Waals surface area contributed by atoms with Gasteiger partial charge in [-0.15, -0.1) is 0 Å². The van der Waals surface area contributed by atoms with Crippen LogP contribution in [0.5, 0.6) is 0 Å². The topological polar surface area (TPSA) is 67.0 Å². The van der Waals surface area contributed by atoms with Crippen molar-refractivity contribution in [3.63, 3.8) is 0 Å². The van der Waals surface area contributed by atoms with Crippen LogP contribution in [0.3, 0.4) is 0 Å². The third kappa shape index (κ3) is 3.42. The lowest BCUT2D eigenvalue weighted by Crippen LogP contribution is -2.18. The van der Waals surface area contributed by atoms with E-state index in [2.05, 4.69) is 26.9 Å². The van der Waals surface area contributed by atoms with Crippen molar-refractivity contribution < 1.29 is 9.53 Å². The summed E-state index contributed by atoms with van der Waals surface area (Å²) >= 11 is 0. The quantitative estimate of drug-likeness (QED) is 0.806. The van der Waals surface area contributed by atoms with E-state index in [0.29, 0.717) is 12.2 Å². The number of aromatic nitrogens is 2. The molecule has 100 valence electrons. The Kier molecular flexibility index (Phi) is 4.30. The van der Waals surface area contributed by atoms with Crippen LogP contribution >= 0.6 is 0 Å². The molecule has 5 nitrogen and oxygen atoms in total. The van der Waals surface area contributed by atoms with Crippen molar-refractivity contribution in [2.45, 2.75) is 19.5 Å². The first kappa shape index (κ1) is 13.3. The van der Waals surface area contributed by atoms with E-state index in [1.165, 1.54) is 7.11 Å². The molecule has 0 spiro atoms. The number of methoxy groups -OCH3 is 1. The maximum Gasteiger partial charge on any atom is 0.354 e. The van der Waals surface area contributed by atoms with Gasteiger partial charge >= 0.3 is 5.97 Å². The Morgan fingerprint density at radius 2 is 2.32 bits per heavy atom. The summed E-state index contributed by atoms with van der Waals surface area (Å²) in [5, 5.41) is 3.36. The Balaban J connectivity index is 1.92. The number of aromatic amines is 1. The van der Waals surface area contributed by atoms with E-state index in [4.69, 9.17) is 0 Å². The molecule has 0 amide bonds. The Morgan fingerprint density at radius 3 is 3.00 bits per heavy atom. The monoisotopic (exact) mass is 259 g/mol. The predicted molar refractivity (Wildman–Crippen MR) is 71.6 cm³/mol. The van der Waals surface area contributed by atoms with Gasteiger partial charge < -0.3 is 15.0 Å². The molecule has 5 heteroatoms. The van der Waals surface area contributed by atoms with E-state index in [9.17, 15) is 4.79 Å². The van der Waals surface area contributed by atoms with Gasteiger partial charge in [-0.1, -0.05) is 6.07 Å². The predicted octanol–water partition coefficient (Wildman–Crippen LogP) is 2.05. The first-order valence-corrected chi connectivity index (χ1v) is 6.10. The molecular weight excluding hydrogens is 242 g/mol. The van der Waals surface area contributed by atoms with E-state index < -0.39 is 0 Å². The molecule has 0 saturated carbocycles. The molecule has 2 rings (SSSR count). The maximum absolute atomic E-state index is 11.3. The van der Waals surface area contributed by atoms with Crippen molar-refractivity contribution in [1.29, 1.82) is 0 Å². The lowest BCUT2D eigenvalue weighted by atomic mass is 10.1. The molecule has 0 aliphatic carbocycles. The summed E-state index contributed by atoms with van der Waals surface area (Å²) < 4.78 is 4.65. The zero-order chi connectivity index (χ0) is 13.7. The number of hydrogen-bond donors (Lipinski definition) is 2. The second kappa shape index (κ2) is 6.15. The number of ether oxygens (including phenoxy) is 1. The molecule has 0 aromatic carbocycles. The van der Waals surface area contributed by atoms with Crippen LogP contribution in [0, 0.1) is 0 Å². The maximum atomic E-state index is 11.3. The number of H-pyrrole nitrogens is 1. The number of nitrogens with one attached hydrogen (secondary N) is 2.